The number of nitrogens with zero attached hydrogens (tertiary/aromatic N) is 3. The molecule has 0 aliphatic rings. The standard InChI is InChI=1S/C15H15N3OS/c1-9-10(2)17-15(18-11(9)3)20-14-5-4-12(8-19)6-13(14)7-16/h4-6,19H,8H2,1-3H3. The summed E-state index contributed by atoms with van der Waals surface area (Å²) >= 11 is 1.37. The molecule has 0 aliphatic carbocycles. The van der Waals surface area contributed by atoms with Gasteiger partial charge in [-0.3, -0.25) is 0 Å². The zero-order chi connectivity index (χ0) is 14.7. The number of aromatic nitrogens is 2. The van der Waals surface area contributed by atoms with E-state index in [4.69, 9.17) is 5.11 Å². The van der Waals surface area contributed by atoms with Gasteiger partial charge in [0.05, 0.1) is 12.2 Å². The van der Waals surface area contributed by atoms with Gasteiger partial charge in [-0.15, -0.1) is 0 Å². The topological polar surface area (TPSA) is 69.8 Å². The van der Waals surface area contributed by atoms with Crippen molar-refractivity contribution >= 4 is 11.8 Å². The van der Waals surface area contributed by atoms with Gasteiger partial charge < -0.3 is 5.11 Å². The first-order valence-corrected chi connectivity index (χ1v) is 7.00. The van der Waals surface area contributed by atoms with Gasteiger partial charge in [0.1, 0.15) is 6.07 Å². The average Bonchev–Trinajstić information content (AvgIpc) is 2.45. The van der Waals surface area contributed by atoms with Crippen molar-refractivity contribution in [2.75, 3.05) is 0 Å². The molecule has 0 spiro atoms. The Balaban J connectivity index is 2.38. The normalized spacial score (nSPS) is 10.3. The Labute approximate surface area is 122 Å². The lowest BCUT2D eigenvalue weighted by Gasteiger charge is -2.08. The van der Waals surface area contributed by atoms with E-state index < -0.39 is 0 Å². The lowest BCUT2D eigenvalue weighted by Crippen LogP contribution is -1.98. The van der Waals surface area contributed by atoms with E-state index in [0.29, 0.717) is 10.7 Å². The minimum atomic E-state index is -0.0706. The van der Waals surface area contributed by atoms with E-state index in [9.17, 15) is 5.26 Å². The third kappa shape index (κ3) is 2.98. The molecule has 4 nitrogen and oxygen atoms in total. The number of nitriles is 1. The van der Waals surface area contributed by atoms with Crippen LogP contribution < -0.4 is 0 Å². The molecule has 0 radical (unpaired) electrons. The van der Waals surface area contributed by atoms with Crippen LogP contribution in [0.15, 0.2) is 28.3 Å². The van der Waals surface area contributed by atoms with Crippen LogP contribution in [0.5, 0.6) is 0 Å². The molecule has 0 amide bonds. The van der Waals surface area contributed by atoms with Gasteiger partial charge in [0.25, 0.3) is 0 Å². The molecule has 0 atom stereocenters. The molecule has 20 heavy (non-hydrogen) atoms. The summed E-state index contributed by atoms with van der Waals surface area (Å²) in [7, 11) is 0. The largest absolute Gasteiger partial charge is 0.392 e. The molecule has 1 aromatic heterocycles. The molecule has 1 heterocycles. The van der Waals surface area contributed by atoms with Crippen molar-refractivity contribution in [2.24, 2.45) is 0 Å². The fraction of sp³-hybridized carbons (Fsp3) is 0.267. The molecular weight excluding hydrogens is 270 g/mol. The van der Waals surface area contributed by atoms with E-state index in [2.05, 4.69) is 16.0 Å². The van der Waals surface area contributed by atoms with Gasteiger partial charge in [0.2, 0.25) is 0 Å². The van der Waals surface area contributed by atoms with Gasteiger partial charge in [-0.05, 0) is 55.8 Å². The smallest absolute Gasteiger partial charge is 0.192 e. The second-order valence-electron chi connectivity index (χ2n) is 4.50. The van der Waals surface area contributed by atoms with Crippen LogP contribution in [0, 0.1) is 32.1 Å². The number of rotatable bonds is 3. The van der Waals surface area contributed by atoms with Gasteiger partial charge in [-0.25, -0.2) is 9.97 Å². The number of hydrogen-bond acceptors (Lipinski definition) is 5. The third-order valence-corrected chi connectivity index (χ3v) is 4.10. The third-order valence-electron chi connectivity index (χ3n) is 3.16. The van der Waals surface area contributed by atoms with Crippen LogP contribution in [0.4, 0.5) is 0 Å². The summed E-state index contributed by atoms with van der Waals surface area (Å²) in [5.74, 6) is 0. The van der Waals surface area contributed by atoms with Crippen LogP contribution in [0.25, 0.3) is 0 Å². The maximum absolute atomic E-state index is 9.18. The van der Waals surface area contributed by atoms with Crippen molar-refractivity contribution in [3.05, 3.63) is 46.3 Å². The molecule has 2 rings (SSSR count). The fourth-order valence-electron chi connectivity index (χ4n) is 1.74. The van der Waals surface area contributed by atoms with Crippen LogP contribution in [0.3, 0.4) is 0 Å². The van der Waals surface area contributed by atoms with Crippen LogP contribution in [0.1, 0.15) is 28.1 Å². The predicted octanol–water partition coefficient (Wildman–Crippen LogP) is 2.92. The molecule has 0 fully saturated rings. The van der Waals surface area contributed by atoms with Crippen molar-refractivity contribution in [3.63, 3.8) is 0 Å². The van der Waals surface area contributed by atoms with Crippen LogP contribution in [0.2, 0.25) is 0 Å². The molecule has 0 saturated heterocycles. The van der Waals surface area contributed by atoms with Crippen molar-refractivity contribution in [3.8, 4) is 6.07 Å². The summed E-state index contributed by atoms with van der Waals surface area (Å²) in [5, 5.41) is 18.9. The zero-order valence-electron chi connectivity index (χ0n) is 11.6. The highest BCUT2D eigenvalue weighted by atomic mass is 32.2. The van der Waals surface area contributed by atoms with Gasteiger partial charge in [0.15, 0.2) is 5.16 Å². The Kier molecular flexibility index (Phi) is 4.38. The highest BCUT2D eigenvalue weighted by Crippen LogP contribution is 2.29. The Bertz CT molecular complexity index is 669. The first kappa shape index (κ1) is 14.5. The molecule has 0 aliphatic heterocycles. The Morgan fingerprint density at radius 3 is 2.40 bits per heavy atom. The number of hydrogen-bond donors (Lipinski definition) is 1. The lowest BCUT2D eigenvalue weighted by atomic mass is 10.1. The van der Waals surface area contributed by atoms with Gasteiger partial charge in [-0.1, -0.05) is 6.07 Å². The quantitative estimate of drug-likeness (QED) is 0.878. The summed E-state index contributed by atoms with van der Waals surface area (Å²) in [6, 6.07) is 7.46. The van der Waals surface area contributed by atoms with Gasteiger partial charge in [0, 0.05) is 16.3 Å². The summed E-state index contributed by atoms with van der Waals surface area (Å²) < 4.78 is 0. The maximum atomic E-state index is 9.18. The number of aryl methyl sites for hydroxylation is 2. The number of aliphatic hydroxyl groups is 1. The number of aliphatic hydroxyl groups excluding tert-OH is 1. The zero-order valence-corrected chi connectivity index (χ0v) is 12.5. The average molecular weight is 285 g/mol. The van der Waals surface area contributed by atoms with Crippen LogP contribution in [-0.4, -0.2) is 15.1 Å². The molecule has 102 valence electrons. The highest BCUT2D eigenvalue weighted by molar-refractivity contribution is 7.99. The van der Waals surface area contributed by atoms with E-state index in [1.54, 1.807) is 12.1 Å². The van der Waals surface area contributed by atoms with Crippen molar-refractivity contribution < 1.29 is 5.11 Å². The van der Waals surface area contributed by atoms with Gasteiger partial charge in [-0.2, -0.15) is 5.26 Å². The summed E-state index contributed by atoms with van der Waals surface area (Å²) in [6.45, 7) is 5.83. The summed E-state index contributed by atoms with van der Waals surface area (Å²) in [4.78, 5) is 9.68. The number of benzene rings is 1. The Morgan fingerprint density at radius 2 is 1.85 bits per heavy atom. The molecule has 0 saturated carbocycles. The molecule has 0 bridgehead atoms. The first-order valence-electron chi connectivity index (χ1n) is 6.18. The van der Waals surface area contributed by atoms with Crippen molar-refractivity contribution in [1.82, 2.24) is 9.97 Å². The maximum Gasteiger partial charge on any atom is 0.192 e. The SMILES string of the molecule is Cc1nc(Sc2ccc(CO)cc2C#N)nc(C)c1C. The van der Waals surface area contributed by atoms with E-state index in [1.807, 2.05) is 26.8 Å². The van der Waals surface area contributed by atoms with Gasteiger partial charge >= 0.3 is 0 Å². The molecule has 1 N–H and O–H groups in total. The predicted molar refractivity (Wildman–Crippen MR) is 77.4 cm³/mol. The highest BCUT2D eigenvalue weighted by Gasteiger charge is 2.10. The van der Waals surface area contributed by atoms with E-state index in [1.165, 1.54) is 11.8 Å². The lowest BCUT2D eigenvalue weighted by molar-refractivity contribution is 0.281. The molecular formula is C15H15N3OS. The second kappa shape index (κ2) is 6.04. The Morgan fingerprint density at radius 1 is 1.20 bits per heavy atom. The Hall–Kier alpha value is -1.90. The van der Waals surface area contributed by atoms with Crippen molar-refractivity contribution in [2.45, 2.75) is 37.4 Å². The van der Waals surface area contributed by atoms with E-state index in [0.717, 1.165) is 27.4 Å². The minimum absolute atomic E-state index is 0.0706. The van der Waals surface area contributed by atoms with Crippen LogP contribution >= 0.6 is 11.8 Å². The molecule has 1 aromatic carbocycles. The summed E-state index contributed by atoms with van der Waals surface area (Å²) in [5.41, 5.74) is 4.24. The molecule has 5 heteroatoms. The van der Waals surface area contributed by atoms with Crippen molar-refractivity contribution in [1.29, 1.82) is 5.26 Å². The molecule has 2 aromatic rings. The second-order valence-corrected chi connectivity index (χ2v) is 5.51. The van der Waals surface area contributed by atoms with E-state index >= 15 is 0 Å². The monoisotopic (exact) mass is 285 g/mol. The minimum Gasteiger partial charge on any atom is -0.392 e. The molecule has 0 unspecified atom stereocenters. The fourth-order valence-corrected chi connectivity index (χ4v) is 2.65. The van der Waals surface area contributed by atoms with E-state index in [-0.39, 0.29) is 6.61 Å². The van der Waals surface area contributed by atoms with Crippen LogP contribution in [-0.2, 0) is 6.61 Å². The first-order chi connectivity index (χ1) is 9.55. The summed E-state index contributed by atoms with van der Waals surface area (Å²) in [6.07, 6.45) is 0.